The number of imide groups is 1. The SMILES string of the molecule is O=C1S/C(=C\c2ccc(I)o2)C(=O)N1CCOc1cccc2ccccc12. The Balaban J connectivity index is 1.43. The van der Waals surface area contributed by atoms with Crippen LogP contribution in [0.15, 0.2) is 63.9 Å². The third-order valence-electron chi connectivity index (χ3n) is 4.06. The number of fused-ring (bicyclic) bond motifs is 1. The van der Waals surface area contributed by atoms with Crippen molar-refractivity contribution in [1.82, 2.24) is 4.90 Å². The molecule has 136 valence electrons. The number of benzene rings is 2. The van der Waals surface area contributed by atoms with E-state index < -0.39 is 0 Å². The number of nitrogens with zero attached hydrogens (tertiary/aromatic N) is 1. The quantitative estimate of drug-likeness (QED) is 0.365. The van der Waals surface area contributed by atoms with E-state index in [2.05, 4.69) is 0 Å². The first-order chi connectivity index (χ1) is 13.1. The minimum Gasteiger partial charge on any atom is -0.491 e. The van der Waals surface area contributed by atoms with Crippen LogP contribution in [0.3, 0.4) is 0 Å². The van der Waals surface area contributed by atoms with Crippen LogP contribution in [0.25, 0.3) is 16.8 Å². The lowest BCUT2D eigenvalue weighted by molar-refractivity contribution is -0.123. The number of hydrogen-bond acceptors (Lipinski definition) is 5. The van der Waals surface area contributed by atoms with E-state index in [1.54, 1.807) is 18.2 Å². The molecule has 0 aliphatic carbocycles. The highest BCUT2D eigenvalue weighted by Gasteiger charge is 2.35. The lowest BCUT2D eigenvalue weighted by atomic mass is 10.1. The van der Waals surface area contributed by atoms with Crippen LogP contribution in [0, 0.1) is 3.77 Å². The number of halogens is 1. The van der Waals surface area contributed by atoms with Gasteiger partial charge in [-0.1, -0.05) is 36.4 Å². The summed E-state index contributed by atoms with van der Waals surface area (Å²) in [6, 6.07) is 17.3. The van der Waals surface area contributed by atoms with Gasteiger partial charge in [0.25, 0.3) is 11.1 Å². The lowest BCUT2D eigenvalue weighted by Gasteiger charge is -2.14. The van der Waals surface area contributed by atoms with Crippen LogP contribution in [0.5, 0.6) is 5.75 Å². The molecule has 5 nitrogen and oxygen atoms in total. The van der Waals surface area contributed by atoms with E-state index in [1.807, 2.05) is 65.1 Å². The summed E-state index contributed by atoms with van der Waals surface area (Å²) in [7, 11) is 0. The number of carbonyl (C=O) groups excluding carboxylic acids is 2. The predicted molar refractivity (Wildman–Crippen MR) is 114 cm³/mol. The van der Waals surface area contributed by atoms with Gasteiger partial charge in [-0.25, -0.2) is 0 Å². The van der Waals surface area contributed by atoms with Crippen LogP contribution in [0.4, 0.5) is 4.79 Å². The molecule has 1 fully saturated rings. The molecule has 0 N–H and O–H groups in total. The van der Waals surface area contributed by atoms with Gasteiger partial charge in [-0.2, -0.15) is 0 Å². The molecule has 7 heteroatoms. The van der Waals surface area contributed by atoms with Gasteiger partial charge in [0.05, 0.1) is 11.4 Å². The number of thioether (sulfide) groups is 1. The van der Waals surface area contributed by atoms with Crippen molar-refractivity contribution in [3.05, 3.63) is 69.0 Å². The first-order valence-corrected chi connectivity index (χ1v) is 10.1. The summed E-state index contributed by atoms with van der Waals surface area (Å²) in [5, 5.41) is 1.78. The van der Waals surface area contributed by atoms with Gasteiger partial charge < -0.3 is 9.15 Å². The highest BCUT2D eigenvalue weighted by atomic mass is 127. The minimum atomic E-state index is -0.321. The fourth-order valence-electron chi connectivity index (χ4n) is 2.80. The van der Waals surface area contributed by atoms with E-state index in [0.717, 1.165) is 32.1 Å². The summed E-state index contributed by atoms with van der Waals surface area (Å²) >= 11 is 2.96. The standard InChI is InChI=1S/C20H14INO4S/c21-18-9-8-14(26-18)12-17-19(23)22(20(24)27-17)10-11-25-16-7-3-5-13-4-1-2-6-15(13)16/h1-9,12H,10-11H2/b17-12-. The van der Waals surface area contributed by atoms with Gasteiger partial charge in [0.15, 0.2) is 3.77 Å². The molecule has 3 aromatic rings. The number of rotatable bonds is 5. The van der Waals surface area contributed by atoms with E-state index in [1.165, 1.54) is 4.90 Å². The lowest BCUT2D eigenvalue weighted by Crippen LogP contribution is -2.32. The fraction of sp³-hybridized carbons (Fsp3) is 0.100. The van der Waals surface area contributed by atoms with Gasteiger partial charge in [0.1, 0.15) is 18.1 Å². The Bertz CT molecular complexity index is 1050. The molecule has 2 heterocycles. The van der Waals surface area contributed by atoms with E-state index >= 15 is 0 Å². The van der Waals surface area contributed by atoms with E-state index in [0.29, 0.717) is 10.7 Å². The Morgan fingerprint density at radius 2 is 1.89 bits per heavy atom. The maximum Gasteiger partial charge on any atom is 0.293 e. The molecule has 0 unspecified atom stereocenters. The molecule has 1 aliphatic heterocycles. The van der Waals surface area contributed by atoms with Crippen molar-refractivity contribution in [2.75, 3.05) is 13.2 Å². The van der Waals surface area contributed by atoms with Crippen molar-refractivity contribution in [2.24, 2.45) is 0 Å². The molecule has 2 aromatic carbocycles. The normalized spacial score (nSPS) is 15.9. The zero-order chi connectivity index (χ0) is 18.8. The van der Waals surface area contributed by atoms with Crippen LogP contribution < -0.4 is 4.74 Å². The van der Waals surface area contributed by atoms with Crippen molar-refractivity contribution < 1.29 is 18.7 Å². The van der Waals surface area contributed by atoms with Crippen molar-refractivity contribution in [2.45, 2.75) is 0 Å². The Kier molecular flexibility index (Phi) is 5.22. The second-order valence-electron chi connectivity index (χ2n) is 5.80. The zero-order valence-electron chi connectivity index (χ0n) is 14.1. The number of amides is 2. The van der Waals surface area contributed by atoms with Crippen molar-refractivity contribution >= 4 is 62.3 Å². The number of hydrogen-bond donors (Lipinski definition) is 0. The molecule has 4 rings (SSSR count). The van der Waals surface area contributed by atoms with Gasteiger partial charge in [-0.3, -0.25) is 14.5 Å². The largest absolute Gasteiger partial charge is 0.491 e. The van der Waals surface area contributed by atoms with E-state index in [9.17, 15) is 9.59 Å². The maximum absolute atomic E-state index is 12.5. The Labute approximate surface area is 173 Å². The molecule has 1 aliphatic rings. The highest BCUT2D eigenvalue weighted by Crippen LogP contribution is 2.32. The third-order valence-corrected chi connectivity index (χ3v) is 5.55. The monoisotopic (exact) mass is 491 g/mol. The van der Waals surface area contributed by atoms with Crippen LogP contribution in [-0.2, 0) is 4.79 Å². The molecule has 0 bridgehead atoms. The topological polar surface area (TPSA) is 59.8 Å². The molecular weight excluding hydrogens is 477 g/mol. The molecule has 0 saturated carbocycles. The van der Waals surface area contributed by atoms with E-state index in [4.69, 9.17) is 9.15 Å². The van der Waals surface area contributed by atoms with E-state index in [-0.39, 0.29) is 24.3 Å². The van der Waals surface area contributed by atoms with Crippen LogP contribution in [0.2, 0.25) is 0 Å². The number of carbonyl (C=O) groups is 2. The Hall–Kier alpha value is -2.26. The molecule has 0 atom stereocenters. The molecule has 0 spiro atoms. The summed E-state index contributed by atoms with van der Waals surface area (Å²) in [6.45, 7) is 0.429. The van der Waals surface area contributed by atoms with Gasteiger partial charge in [0, 0.05) is 11.5 Å². The Morgan fingerprint density at radius 3 is 2.70 bits per heavy atom. The average molecular weight is 491 g/mol. The molecule has 1 saturated heterocycles. The van der Waals surface area contributed by atoms with Crippen molar-refractivity contribution in [3.8, 4) is 5.75 Å². The molecule has 27 heavy (non-hydrogen) atoms. The second-order valence-corrected chi connectivity index (χ2v) is 7.86. The second kappa shape index (κ2) is 7.77. The summed E-state index contributed by atoms with van der Waals surface area (Å²) in [5.74, 6) is 0.968. The van der Waals surface area contributed by atoms with Gasteiger partial charge in [-0.15, -0.1) is 0 Å². The zero-order valence-corrected chi connectivity index (χ0v) is 17.0. The van der Waals surface area contributed by atoms with Crippen LogP contribution in [0.1, 0.15) is 5.76 Å². The smallest absolute Gasteiger partial charge is 0.293 e. The molecule has 0 radical (unpaired) electrons. The third kappa shape index (κ3) is 3.89. The number of ether oxygens (including phenoxy) is 1. The maximum atomic E-state index is 12.5. The van der Waals surface area contributed by atoms with Gasteiger partial charge in [-0.05, 0) is 57.9 Å². The summed E-state index contributed by atoms with van der Waals surface area (Å²) in [4.78, 5) is 26.2. The van der Waals surface area contributed by atoms with Gasteiger partial charge in [0.2, 0.25) is 0 Å². The van der Waals surface area contributed by atoms with Crippen LogP contribution >= 0.6 is 34.4 Å². The first-order valence-electron chi connectivity index (χ1n) is 8.23. The molecule has 2 amide bonds. The van der Waals surface area contributed by atoms with Crippen molar-refractivity contribution in [1.29, 1.82) is 0 Å². The highest BCUT2D eigenvalue weighted by molar-refractivity contribution is 14.1. The summed E-state index contributed by atoms with van der Waals surface area (Å²) in [5.41, 5.74) is 0. The average Bonchev–Trinajstić information content (AvgIpc) is 3.19. The summed E-state index contributed by atoms with van der Waals surface area (Å²) in [6.07, 6.45) is 1.60. The first kappa shape index (κ1) is 18.1. The Morgan fingerprint density at radius 1 is 1.07 bits per heavy atom. The fourth-order valence-corrected chi connectivity index (χ4v) is 4.08. The van der Waals surface area contributed by atoms with Crippen molar-refractivity contribution in [3.63, 3.8) is 0 Å². The molecular formula is C20H14INO4S. The number of furan rings is 1. The van der Waals surface area contributed by atoms with Gasteiger partial charge >= 0.3 is 0 Å². The predicted octanol–water partition coefficient (Wildman–Crippen LogP) is 5.15. The summed E-state index contributed by atoms with van der Waals surface area (Å²) < 4.78 is 12.0. The van der Waals surface area contributed by atoms with Crippen LogP contribution in [-0.4, -0.2) is 29.2 Å². The minimum absolute atomic E-state index is 0.195. The molecule has 1 aromatic heterocycles.